The molecule has 7 heteroatoms. The van der Waals surface area contributed by atoms with Crippen molar-refractivity contribution < 1.29 is 4.79 Å². The Kier molecular flexibility index (Phi) is 4.14. The van der Waals surface area contributed by atoms with Crippen LogP contribution >= 0.6 is 0 Å². The smallest absolute Gasteiger partial charge is 0.345 e. The molecule has 0 saturated carbocycles. The second-order valence-electron chi connectivity index (χ2n) is 6.88. The van der Waals surface area contributed by atoms with Crippen LogP contribution in [-0.2, 0) is 13.6 Å². The van der Waals surface area contributed by atoms with E-state index < -0.39 is 0 Å². The minimum atomic E-state index is -0.0936. The fourth-order valence-corrected chi connectivity index (χ4v) is 3.86. The molecular weight excluding hydrogens is 330 g/mol. The van der Waals surface area contributed by atoms with Crippen LogP contribution in [0.4, 0.5) is 0 Å². The molecule has 1 unspecified atom stereocenters. The zero-order chi connectivity index (χ0) is 18.3. The molecule has 0 bridgehead atoms. The molecule has 1 aliphatic rings. The van der Waals surface area contributed by atoms with Crippen LogP contribution in [0.15, 0.2) is 35.3 Å². The number of likely N-dealkylation sites (tertiary alicyclic amines) is 1. The van der Waals surface area contributed by atoms with Gasteiger partial charge in [0.25, 0.3) is 5.91 Å². The Morgan fingerprint density at radius 2 is 2.19 bits per heavy atom. The molecule has 1 atom stereocenters. The molecule has 3 heterocycles. The molecule has 1 aliphatic heterocycles. The zero-order valence-electron chi connectivity index (χ0n) is 15.1. The highest BCUT2D eigenvalue weighted by Crippen LogP contribution is 2.26. The quantitative estimate of drug-likeness (QED) is 0.783. The van der Waals surface area contributed by atoms with E-state index >= 15 is 0 Å². The first kappa shape index (κ1) is 16.6. The summed E-state index contributed by atoms with van der Waals surface area (Å²) in [6.07, 6.45) is 3.73. The maximum absolute atomic E-state index is 13.0. The van der Waals surface area contributed by atoms with Gasteiger partial charge in [-0.25, -0.2) is 9.48 Å². The predicted molar refractivity (Wildman–Crippen MR) is 99.3 cm³/mol. The van der Waals surface area contributed by atoms with Crippen LogP contribution in [0.1, 0.15) is 41.9 Å². The number of rotatable bonds is 3. The Balaban J connectivity index is 1.59. The number of benzene rings is 1. The molecule has 1 aromatic carbocycles. The van der Waals surface area contributed by atoms with Crippen LogP contribution in [0, 0.1) is 0 Å². The highest BCUT2D eigenvalue weighted by molar-refractivity contribution is 5.98. The molecule has 0 radical (unpaired) electrons. The molecule has 0 spiro atoms. The van der Waals surface area contributed by atoms with Gasteiger partial charge in [0.1, 0.15) is 5.82 Å². The number of aryl methyl sites for hydroxylation is 1. The largest absolute Gasteiger partial charge is 0.361 e. The number of H-pyrrole nitrogens is 1. The molecule has 7 nitrogen and oxygen atoms in total. The molecule has 2 aromatic heterocycles. The van der Waals surface area contributed by atoms with E-state index in [-0.39, 0.29) is 17.5 Å². The minimum absolute atomic E-state index is 0.0409. The van der Waals surface area contributed by atoms with Crippen LogP contribution < -0.4 is 5.69 Å². The Labute approximate surface area is 151 Å². The van der Waals surface area contributed by atoms with Crippen LogP contribution in [0.3, 0.4) is 0 Å². The second-order valence-corrected chi connectivity index (χ2v) is 6.88. The number of hydrogen-bond donors (Lipinski definition) is 1. The van der Waals surface area contributed by atoms with Crippen molar-refractivity contribution in [3.63, 3.8) is 0 Å². The van der Waals surface area contributed by atoms with Crippen molar-refractivity contribution >= 4 is 16.8 Å². The monoisotopic (exact) mass is 353 g/mol. The number of piperidine rings is 1. The van der Waals surface area contributed by atoms with Crippen LogP contribution in [0.5, 0.6) is 0 Å². The van der Waals surface area contributed by atoms with Crippen LogP contribution in [-0.4, -0.2) is 43.2 Å². The average molecular weight is 353 g/mol. The second kappa shape index (κ2) is 6.48. The third-order valence-electron chi connectivity index (χ3n) is 5.23. The van der Waals surface area contributed by atoms with Crippen molar-refractivity contribution in [1.29, 1.82) is 0 Å². The van der Waals surface area contributed by atoms with E-state index in [0.717, 1.165) is 36.1 Å². The summed E-state index contributed by atoms with van der Waals surface area (Å²) < 4.78 is 3.10. The molecule has 1 amide bonds. The number of carbonyl (C=O) groups is 1. The number of nitrogens with zero attached hydrogens (tertiary/aromatic N) is 4. The Morgan fingerprint density at radius 1 is 1.35 bits per heavy atom. The van der Waals surface area contributed by atoms with E-state index in [9.17, 15) is 9.59 Å². The Bertz CT molecular complexity index is 1010. The summed E-state index contributed by atoms with van der Waals surface area (Å²) in [6.45, 7) is 3.88. The third-order valence-corrected chi connectivity index (χ3v) is 5.23. The molecule has 0 aliphatic carbocycles. The fourth-order valence-electron chi connectivity index (χ4n) is 3.86. The first-order chi connectivity index (χ1) is 12.6. The van der Waals surface area contributed by atoms with Gasteiger partial charge >= 0.3 is 5.69 Å². The minimum Gasteiger partial charge on any atom is -0.361 e. The van der Waals surface area contributed by atoms with E-state index in [4.69, 9.17) is 0 Å². The number of nitrogens with one attached hydrogen (secondary N) is 1. The first-order valence-electron chi connectivity index (χ1n) is 9.08. The summed E-state index contributed by atoms with van der Waals surface area (Å²) in [5.74, 6) is 0.926. The normalized spacial score (nSPS) is 17.8. The zero-order valence-corrected chi connectivity index (χ0v) is 15.1. The van der Waals surface area contributed by atoms with Gasteiger partial charge in [-0.15, -0.1) is 0 Å². The number of fused-ring (bicyclic) bond motifs is 1. The fraction of sp³-hybridized carbons (Fsp3) is 0.421. The van der Waals surface area contributed by atoms with Gasteiger partial charge in [-0.2, -0.15) is 5.10 Å². The SMILES string of the molecule is CCn1c(C2CCCN(C(=O)c3ccc4[nH]ccc4c3)C2)nn(C)c1=O. The lowest BCUT2D eigenvalue weighted by atomic mass is 9.96. The van der Waals surface area contributed by atoms with Gasteiger partial charge in [0, 0.05) is 55.3 Å². The first-order valence-corrected chi connectivity index (χ1v) is 9.08. The molecule has 26 heavy (non-hydrogen) atoms. The maximum atomic E-state index is 13.0. The predicted octanol–water partition coefficient (Wildman–Crippen LogP) is 2.10. The van der Waals surface area contributed by atoms with Crippen LogP contribution in [0.25, 0.3) is 10.9 Å². The van der Waals surface area contributed by atoms with E-state index in [1.807, 2.05) is 42.3 Å². The third kappa shape index (κ3) is 2.73. The standard InChI is InChI=1S/C19H23N5O2/c1-3-24-17(21-22(2)19(24)26)15-5-4-10-23(12-15)18(25)14-6-7-16-13(11-14)8-9-20-16/h6-9,11,15,20H,3-5,10,12H2,1-2H3. The van der Waals surface area contributed by atoms with Gasteiger partial charge in [-0.3, -0.25) is 9.36 Å². The summed E-state index contributed by atoms with van der Waals surface area (Å²) in [4.78, 5) is 30.2. The summed E-state index contributed by atoms with van der Waals surface area (Å²) >= 11 is 0. The number of aromatic amines is 1. The maximum Gasteiger partial charge on any atom is 0.345 e. The lowest BCUT2D eigenvalue weighted by Crippen LogP contribution is -2.40. The number of aromatic nitrogens is 4. The van der Waals surface area contributed by atoms with Crippen molar-refractivity contribution in [2.75, 3.05) is 13.1 Å². The average Bonchev–Trinajstić information content (AvgIpc) is 3.25. The van der Waals surface area contributed by atoms with Crippen molar-refractivity contribution in [3.05, 3.63) is 52.3 Å². The lowest BCUT2D eigenvalue weighted by molar-refractivity contribution is 0.0703. The number of hydrogen-bond acceptors (Lipinski definition) is 3. The van der Waals surface area contributed by atoms with Gasteiger partial charge in [0.2, 0.25) is 0 Å². The topological polar surface area (TPSA) is 75.9 Å². The highest BCUT2D eigenvalue weighted by atomic mass is 16.2. The van der Waals surface area contributed by atoms with Crippen molar-refractivity contribution in [2.24, 2.45) is 7.05 Å². The van der Waals surface area contributed by atoms with E-state index in [0.29, 0.717) is 18.7 Å². The molecule has 1 N–H and O–H groups in total. The molecule has 136 valence electrons. The lowest BCUT2D eigenvalue weighted by Gasteiger charge is -2.32. The van der Waals surface area contributed by atoms with Gasteiger partial charge in [-0.1, -0.05) is 0 Å². The Hall–Kier alpha value is -2.83. The molecule has 3 aromatic rings. The van der Waals surface area contributed by atoms with Gasteiger partial charge < -0.3 is 9.88 Å². The van der Waals surface area contributed by atoms with Crippen molar-refractivity contribution in [3.8, 4) is 0 Å². The molecular formula is C19H23N5O2. The number of carbonyl (C=O) groups excluding carboxylic acids is 1. The molecule has 4 rings (SSSR count). The summed E-state index contributed by atoms with van der Waals surface area (Å²) in [5.41, 5.74) is 1.63. The summed E-state index contributed by atoms with van der Waals surface area (Å²) in [7, 11) is 1.68. The Morgan fingerprint density at radius 3 is 3.00 bits per heavy atom. The molecule has 1 fully saturated rings. The molecule has 1 saturated heterocycles. The number of amides is 1. The van der Waals surface area contributed by atoms with E-state index in [1.54, 1.807) is 11.6 Å². The van der Waals surface area contributed by atoms with E-state index in [2.05, 4.69) is 10.1 Å². The van der Waals surface area contributed by atoms with Gasteiger partial charge in [-0.05, 0) is 44.0 Å². The highest BCUT2D eigenvalue weighted by Gasteiger charge is 2.29. The van der Waals surface area contributed by atoms with Gasteiger partial charge in [0.05, 0.1) is 0 Å². The summed E-state index contributed by atoms with van der Waals surface area (Å²) in [6, 6.07) is 7.71. The van der Waals surface area contributed by atoms with E-state index in [1.165, 1.54) is 4.68 Å². The van der Waals surface area contributed by atoms with Crippen molar-refractivity contribution in [1.82, 2.24) is 24.2 Å². The summed E-state index contributed by atoms with van der Waals surface area (Å²) in [5, 5.41) is 5.47. The van der Waals surface area contributed by atoms with Crippen LogP contribution in [0.2, 0.25) is 0 Å². The van der Waals surface area contributed by atoms with Crippen molar-refractivity contribution in [2.45, 2.75) is 32.2 Å². The van der Waals surface area contributed by atoms with Gasteiger partial charge in [0.15, 0.2) is 0 Å².